The molecular weight excluding hydrogens is 312 g/mol. The lowest BCUT2D eigenvalue weighted by molar-refractivity contribution is -0.137. The van der Waals surface area contributed by atoms with Gasteiger partial charge in [0.25, 0.3) is 5.91 Å². The van der Waals surface area contributed by atoms with E-state index < -0.39 is 6.10 Å². The summed E-state index contributed by atoms with van der Waals surface area (Å²) in [7, 11) is 0. The monoisotopic (exact) mass is 338 g/mol. The van der Waals surface area contributed by atoms with Crippen LogP contribution in [0.2, 0.25) is 0 Å². The molecular formula is C21H26N2O2. The molecule has 4 nitrogen and oxygen atoms in total. The van der Waals surface area contributed by atoms with Crippen molar-refractivity contribution in [1.29, 1.82) is 0 Å². The quantitative estimate of drug-likeness (QED) is 0.881. The number of carbonyl (C=O) groups excluding carboxylic acids is 1. The van der Waals surface area contributed by atoms with Crippen LogP contribution in [0.3, 0.4) is 0 Å². The Morgan fingerprint density at radius 1 is 1.20 bits per heavy atom. The zero-order chi connectivity index (χ0) is 17.6. The van der Waals surface area contributed by atoms with E-state index in [9.17, 15) is 4.79 Å². The van der Waals surface area contributed by atoms with Crippen molar-refractivity contribution in [2.24, 2.45) is 11.7 Å². The first-order valence-corrected chi connectivity index (χ1v) is 8.94. The van der Waals surface area contributed by atoms with E-state index in [0.717, 1.165) is 37.2 Å². The van der Waals surface area contributed by atoms with E-state index in [0.29, 0.717) is 12.5 Å². The number of benzene rings is 2. The number of hydrogen-bond donors (Lipinski definition) is 1. The Balaban J connectivity index is 1.67. The van der Waals surface area contributed by atoms with E-state index in [1.807, 2.05) is 48.2 Å². The number of likely N-dealkylation sites (tertiary alicyclic amines) is 1. The van der Waals surface area contributed by atoms with Gasteiger partial charge in [-0.25, -0.2) is 0 Å². The second kappa shape index (κ2) is 8.17. The van der Waals surface area contributed by atoms with Crippen LogP contribution >= 0.6 is 0 Å². The summed E-state index contributed by atoms with van der Waals surface area (Å²) in [5, 5.41) is 0. The Kier molecular flexibility index (Phi) is 5.71. The number of nitrogens with two attached hydrogens (primary N) is 1. The van der Waals surface area contributed by atoms with Gasteiger partial charge in [0, 0.05) is 19.5 Å². The van der Waals surface area contributed by atoms with Gasteiger partial charge in [-0.1, -0.05) is 48.5 Å². The summed E-state index contributed by atoms with van der Waals surface area (Å²) < 4.78 is 6.04. The maximum atomic E-state index is 12.6. The molecule has 2 aromatic rings. The van der Waals surface area contributed by atoms with Crippen molar-refractivity contribution in [2.45, 2.75) is 25.9 Å². The number of carbonyl (C=O) groups is 1. The summed E-state index contributed by atoms with van der Waals surface area (Å²) in [6.45, 7) is 3.99. The molecule has 2 atom stereocenters. The van der Waals surface area contributed by atoms with E-state index in [4.69, 9.17) is 10.5 Å². The summed E-state index contributed by atoms with van der Waals surface area (Å²) in [6, 6.07) is 18.2. The van der Waals surface area contributed by atoms with Crippen molar-refractivity contribution in [3.63, 3.8) is 0 Å². The molecule has 4 heteroatoms. The fraction of sp³-hybridized carbons (Fsp3) is 0.381. The Morgan fingerprint density at radius 3 is 2.64 bits per heavy atom. The highest BCUT2D eigenvalue weighted by Gasteiger charge is 2.29. The molecule has 1 fully saturated rings. The molecule has 1 aliphatic heterocycles. The van der Waals surface area contributed by atoms with Gasteiger partial charge < -0.3 is 15.4 Å². The Hall–Kier alpha value is -2.33. The van der Waals surface area contributed by atoms with Crippen molar-refractivity contribution >= 4 is 5.91 Å². The van der Waals surface area contributed by atoms with Gasteiger partial charge in [-0.15, -0.1) is 0 Å². The van der Waals surface area contributed by atoms with Gasteiger partial charge in [0.2, 0.25) is 0 Å². The van der Waals surface area contributed by atoms with Crippen LogP contribution in [0.15, 0.2) is 54.6 Å². The summed E-state index contributed by atoms with van der Waals surface area (Å²) >= 11 is 0. The largest absolute Gasteiger partial charge is 0.481 e. The number of para-hydroxylation sites is 1. The lowest BCUT2D eigenvalue weighted by atomic mass is 10.0. The van der Waals surface area contributed by atoms with Gasteiger partial charge in [0.05, 0.1) is 0 Å². The first kappa shape index (κ1) is 17.5. The van der Waals surface area contributed by atoms with Crippen molar-refractivity contribution in [2.75, 3.05) is 19.6 Å². The maximum Gasteiger partial charge on any atom is 0.263 e. The Bertz CT molecular complexity index is 702. The average molecular weight is 338 g/mol. The normalized spacial score (nSPS) is 18.2. The van der Waals surface area contributed by atoms with Crippen LogP contribution in [0, 0.1) is 5.92 Å². The fourth-order valence-corrected chi connectivity index (χ4v) is 3.30. The molecule has 0 saturated carbocycles. The van der Waals surface area contributed by atoms with Crippen molar-refractivity contribution < 1.29 is 9.53 Å². The summed E-state index contributed by atoms with van der Waals surface area (Å²) in [5.41, 5.74) is 8.04. The highest BCUT2D eigenvalue weighted by Crippen LogP contribution is 2.24. The summed E-state index contributed by atoms with van der Waals surface area (Å²) in [5.74, 6) is 1.24. The first-order chi connectivity index (χ1) is 12.2. The minimum absolute atomic E-state index is 0.0467. The molecule has 1 saturated heterocycles. The fourth-order valence-electron chi connectivity index (χ4n) is 3.30. The third-order valence-electron chi connectivity index (χ3n) is 4.79. The molecule has 1 amide bonds. The molecule has 1 aliphatic rings. The number of nitrogens with zero attached hydrogens (tertiary/aromatic N) is 1. The molecule has 0 aliphatic carbocycles. The molecule has 2 N–H and O–H groups in total. The van der Waals surface area contributed by atoms with Crippen molar-refractivity contribution in [3.8, 4) is 5.75 Å². The molecule has 0 spiro atoms. The van der Waals surface area contributed by atoms with Crippen LogP contribution in [0.1, 0.15) is 24.5 Å². The molecule has 2 aromatic carbocycles. The molecule has 132 valence electrons. The first-order valence-electron chi connectivity index (χ1n) is 8.94. The van der Waals surface area contributed by atoms with Crippen LogP contribution in [0.5, 0.6) is 5.75 Å². The van der Waals surface area contributed by atoms with Gasteiger partial charge in [-0.2, -0.15) is 0 Å². The second-order valence-electron chi connectivity index (χ2n) is 6.70. The predicted octanol–water partition coefficient (Wildman–Crippen LogP) is 2.85. The highest BCUT2D eigenvalue weighted by molar-refractivity contribution is 5.81. The number of ether oxygens (including phenoxy) is 1. The molecule has 0 bridgehead atoms. The number of hydrogen-bond acceptors (Lipinski definition) is 3. The Morgan fingerprint density at radius 2 is 1.92 bits per heavy atom. The third kappa shape index (κ3) is 4.40. The molecule has 0 aromatic heterocycles. The molecule has 0 radical (unpaired) electrons. The van der Waals surface area contributed by atoms with E-state index in [1.165, 1.54) is 5.56 Å². The predicted molar refractivity (Wildman–Crippen MR) is 99.5 cm³/mol. The van der Waals surface area contributed by atoms with Crippen molar-refractivity contribution in [1.82, 2.24) is 4.90 Å². The smallest absolute Gasteiger partial charge is 0.263 e. The zero-order valence-electron chi connectivity index (χ0n) is 14.7. The van der Waals surface area contributed by atoms with Gasteiger partial charge >= 0.3 is 0 Å². The lowest BCUT2D eigenvalue weighted by Gasteiger charge is -2.23. The number of rotatable bonds is 6. The van der Waals surface area contributed by atoms with Crippen molar-refractivity contribution in [3.05, 3.63) is 65.7 Å². The van der Waals surface area contributed by atoms with Crippen LogP contribution in [0.4, 0.5) is 0 Å². The van der Waals surface area contributed by atoms with Crippen LogP contribution in [-0.4, -0.2) is 36.5 Å². The zero-order valence-corrected chi connectivity index (χ0v) is 14.7. The topological polar surface area (TPSA) is 55.6 Å². The highest BCUT2D eigenvalue weighted by atomic mass is 16.5. The van der Waals surface area contributed by atoms with Gasteiger partial charge in [-0.05, 0) is 43.0 Å². The SMILES string of the molecule is CC(Oc1ccccc1Cc1ccccc1)C(=O)N1CCC(CN)C1. The summed E-state index contributed by atoms with van der Waals surface area (Å²) in [4.78, 5) is 14.5. The minimum Gasteiger partial charge on any atom is -0.481 e. The maximum absolute atomic E-state index is 12.6. The van der Waals surface area contributed by atoms with Gasteiger partial charge in [0.15, 0.2) is 6.10 Å². The lowest BCUT2D eigenvalue weighted by Crippen LogP contribution is -2.39. The molecule has 2 unspecified atom stereocenters. The van der Waals surface area contributed by atoms with Crippen LogP contribution in [0.25, 0.3) is 0 Å². The average Bonchev–Trinajstić information content (AvgIpc) is 3.12. The molecule has 25 heavy (non-hydrogen) atoms. The van der Waals surface area contributed by atoms with Crippen LogP contribution in [-0.2, 0) is 11.2 Å². The molecule has 3 rings (SSSR count). The second-order valence-corrected chi connectivity index (χ2v) is 6.70. The van der Waals surface area contributed by atoms with E-state index in [2.05, 4.69) is 18.2 Å². The van der Waals surface area contributed by atoms with Crippen LogP contribution < -0.4 is 10.5 Å². The van der Waals surface area contributed by atoms with E-state index >= 15 is 0 Å². The summed E-state index contributed by atoms with van der Waals surface area (Å²) in [6.07, 6.45) is 1.28. The minimum atomic E-state index is -0.492. The van der Waals surface area contributed by atoms with Gasteiger partial charge in [0.1, 0.15) is 5.75 Å². The van der Waals surface area contributed by atoms with Gasteiger partial charge in [-0.3, -0.25) is 4.79 Å². The number of amides is 1. The standard InChI is InChI=1S/C21H26N2O2/c1-16(21(24)23-12-11-18(14-22)15-23)25-20-10-6-5-9-19(20)13-17-7-3-2-4-8-17/h2-10,16,18H,11-15,22H2,1H3. The van der Waals surface area contributed by atoms with E-state index in [-0.39, 0.29) is 5.91 Å². The third-order valence-corrected chi connectivity index (χ3v) is 4.79. The molecule has 1 heterocycles. The van der Waals surface area contributed by atoms with E-state index in [1.54, 1.807) is 0 Å². The Labute approximate surface area is 149 Å².